The maximum atomic E-state index is 11.7. The summed E-state index contributed by atoms with van der Waals surface area (Å²) in [5.41, 5.74) is 5.83. The number of hydrogen-bond acceptors (Lipinski definition) is 5. The Morgan fingerprint density at radius 1 is 1.24 bits per heavy atom. The summed E-state index contributed by atoms with van der Waals surface area (Å²) in [5.74, 6) is 0.357. The monoisotopic (exact) mass is 468 g/mol. The van der Waals surface area contributed by atoms with Crippen molar-refractivity contribution < 1.29 is 14.3 Å². The number of hydrogen-bond donors (Lipinski definition) is 2. The van der Waals surface area contributed by atoms with Gasteiger partial charge in [0.1, 0.15) is 6.10 Å². The number of ether oxygens (including phenoxy) is 2. The molecule has 0 aromatic rings. The number of nitrogens with zero attached hydrogens (tertiary/aromatic N) is 2. The summed E-state index contributed by atoms with van der Waals surface area (Å²) in [6.07, 6.45) is 6.68. The molecular weight excluding hydrogens is 435 g/mol. The highest BCUT2D eigenvalue weighted by molar-refractivity contribution is 14.0. The number of carbonyl (C=O) groups excluding carboxylic acids is 1. The van der Waals surface area contributed by atoms with E-state index in [2.05, 4.69) is 15.2 Å². The van der Waals surface area contributed by atoms with Crippen LogP contribution >= 0.6 is 24.0 Å². The van der Waals surface area contributed by atoms with Gasteiger partial charge in [0.15, 0.2) is 5.96 Å². The van der Waals surface area contributed by atoms with E-state index < -0.39 is 0 Å². The second kappa shape index (κ2) is 13.6. The molecule has 0 radical (unpaired) electrons. The topological polar surface area (TPSA) is 89.2 Å². The first-order valence-electron chi connectivity index (χ1n) is 9.27. The third-order valence-electron chi connectivity index (χ3n) is 4.48. The first-order chi connectivity index (χ1) is 11.7. The molecule has 146 valence electrons. The molecule has 2 fully saturated rings. The van der Waals surface area contributed by atoms with Gasteiger partial charge in [-0.15, -0.1) is 24.0 Å². The largest absolute Gasteiger partial charge is 0.462 e. The van der Waals surface area contributed by atoms with Gasteiger partial charge in [0.2, 0.25) is 0 Å². The number of morpholine rings is 1. The van der Waals surface area contributed by atoms with Crippen LogP contribution in [-0.2, 0) is 14.3 Å². The molecule has 1 heterocycles. The van der Waals surface area contributed by atoms with Crippen LogP contribution in [0.4, 0.5) is 0 Å². The van der Waals surface area contributed by atoms with Crippen molar-refractivity contribution in [1.82, 2.24) is 10.2 Å². The van der Waals surface area contributed by atoms with E-state index >= 15 is 0 Å². The van der Waals surface area contributed by atoms with Gasteiger partial charge < -0.3 is 20.5 Å². The Bertz CT molecular complexity index is 397. The fourth-order valence-electron chi connectivity index (χ4n) is 3.07. The molecule has 0 aromatic heterocycles. The summed E-state index contributed by atoms with van der Waals surface area (Å²) >= 11 is 0. The smallest absolute Gasteiger partial charge is 0.306 e. The molecule has 2 rings (SSSR count). The van der Waals surface area contributed by atoms with Crippen LogP contribution in [0.1, 0.15) is 44.9 Å². The zero-order valence-corrected chi connectivity index (χ0v) is 17.4. The molecule has 0 bridgehead atoms. The Balaban J connectivity index is 0.00000312. The molecule has 8 heteroatoms. The summed E-state index contributed by atoms with van der Waals surface area (Å²) in [6.45, 7) is 6.12. The highest BCUT2D eigenvalue weighted by Gasteiger charge is 2.18. The fraction of sp³-hybridized carbons (Fsp3) is 0.882. The van der Waals surface area contributed by atoms with Gasteiger partial charge in [-0.3, -0.25) is 14.7 Å². The van der Waals surface area contributed by atoms with Crippen LogP contribution in [0.25, 0.3) is 0 Å². The standard InChI is InChI=1S/C17H32N4O3.HI/c18-17(20-9-4-10-21-11-13-23-14-12-21)19-8-3-7-16(22)24-15-5-1-2-6-15;/h15H,1-14H2,(H3,18,19,20);1H. The lowest BCUT2D eigenvalue weighted by atomic mass is 10.3. The molecular formula is C17H33IN4O3. The highest BCUT2D eigenvalue weighted by Crippen LogP contribution is 2.21. The first-order valence-corrected chi connectivity index (χ1v) is 9.27. The van der Waals surface area contributed by atoms with Crippen LogP contribution in [0.5, 0.6) is 0 Å². The molecule has 0 spiro atoms. The summed E-state index contributed by atoms with van der Waals surface area (Å²) in [5, 5.41) is 3.12. The van der Waals surface area contributed by atoms with Crippen LogP contribution in [-0.4, -0.2) is 68.9 Å². The quantitative estimate of drug-likeness (QED) is 0.175. The molecule has 0 unspecified atom stereocenters. The molecule has 0 aromatic carbocycles. The zero-order chi connectivity index (χ0) is 17.0. The van der Waals surface area contributed by atoms with E-state index in [1.54, 1.807) is 0 Å². The van der Waals surface area contributed by atoms with Crippen molar-refractivity contribution in [2.45, 2.75) is 51.0 Å². The summed E-state index contributed by atoms with van der Waals surface area (Å²) in [6, 6.07) is 0. The predicted octanol–water partition coefficient (Wildman–Crippen LogP) is 1.50. The van der Waals surface area contributed by atoms with Crippen molar-refractivity contribution in [2.75, 3.05) is 45.9 Å². The average Bonchev–Trinajstić information content (AvgIpc) is 3.09. The van der Waals surface area contributed by atoms with Crippen molar-refractivity contribution in [2.24, 2.45) is 10.7 Å². The SMILES string of the molecule is I.NC(=NCCCC(=O)OC1CCCC1)NCCCN1CCOCC1. The van der Waals surface area contributed by atoms with Gasteiger partial charge in [-0.25, -0.2) is 0 Å². The minimum Gasteiger partial charge on any atom is -0.462 e. The molecule has 3 N–H and O–H groups in total. The number of nitrogens with two attached hydrogens (primary N) is 1. The fourth-order valence-corrected chi connectivity index (χ4v) is 3.07. The van der Waals surface area contributed by atoms with Crippen LogP contribution in [0.3, 0.4) is 0 Å². The average molecular weight is 468 g/mol. The molecule has 1 saturated heterocycles. The minimum absolute atomic E-state index is 0. The summed E-state index contributed by atoms with van der Waals surface area (Å²) in [7, 11) is 0. The van der Waals surface area contributed by atoms with Gasteiger partial charge >= 0.3 is 5.97 Å². The van der Waals surface area contributed by atoms with E-state index in [9.17, 15) is 4.79 Å². The third-order valence-corrected chi connectivity index (χ3v) is 4.48. The van der Waals surface area contributed by atoms with Gasteiger partial charge in [0.25, 0.3) is 0 Å². The number of aliphatic imine (C=N–C) groups is 1. The maximum Gasteiger partial charge on any atom is 0.306 e. The van der Waals surface area contributed by atoms with E-state index in [4.69, 9.17) is 15.2 Å². The molecule has 0 amide bonds. The number of guanidine groups is 1. The van der Waals surface area contributed by atoms with Gasteiger partial charge in [0, 0.05) is 32.6 Å². The zero-order valence-electron chi connectivity index (χ0n) is 15.1. The number of rotatable bonds is 9. The first kappa shape index (κ1) is 22.4. The van der Waals surface area contributed by atoms with E-state index in [0.29, 0.717) is 25.3 Å². The van der Waals surface area contributed by atoms with E-state index in [-0.39, 0.29) is 36.0 Å². The van der Waals surface area contributed by atoms with Crippen molar-refractivity contribution >= 4 is 35.9 Å². The summed E-state index contributed by atoms with van der Waals surface area (Å²) < 4.78 is 10.7. The van der Waals surface area contributed by atoms with E-state index in [1.807, 2.05) is 0 Å². The Morgan fingerprint density at radius 3 is 2.68 bits per heavy atom. The molecule has 7 nitrogen and oxygen atoms in total. The second-order valence-corrected chi connectivity index (χ2v) is 6.50. The highest BCUT2D eigenvalue weighted by atomic mass is 127. The Hall–Kier alpha value is -0.610. The van der Waals surface area contributed by atoms with Gasteiger partial charge in [-0.2, -0.15) is 0 Å². The van der Waals surface area contributed by atoms with Crippen LogP contribution in [0.2, 0.25) is 0 Å². The lowest BCUT2D eigenvalue weighted by Crippen LogP contribution is -2.39. The van der Waals surface area contributed by atoms with Crippen LogP contribution < -0.4 is 11.1 Å². The van der Waals surface area contributed by atoms with Gasteiger partial charge in [0.05, 0.1) is 13.2 Å². The number of esters is 1. The van der Waals surface area contributed by atoms with Crippen LogP contribution in [0.15, 0.2) is 4.99 Å². The number of carbonyl (C=O) groups is 1. The molecule has 25 heavy (non-hydrogen) atoms. The van der Waals surface area contributed by atoms with Crippen molar-refractivity contribution in [3.05, 3.63) is 0 Å². The van der Waals surface area contributed by atoms with Gasteiger partial charge in [-0.05, 0) is 45.1 Å². The van der Waals surface area contributed by atoms with Crippen molar-refractivity contribution in [3.8, 4) is 0 Å². The molecule has 1 saturated carbocycles. The van der Waals surface area contributed by atoms with Gasteiger partial charge in [-0.1, -0.05) is 0 Å². The van der Waals surface area contributed by atoms with Crippen molar-refractivity contribution in [1.29, 1.82) is 0 Å². The van der Waals surface area contributed by atoms with E-state index in [1.165, 1.54) is 12.8 Å². The minimum atomic E-state index is -0.103. The Labute approximate surface area is 168 Å². The Kier molecular flexibility index (Phi) is 12.2. The molecule has 2 aliphatic rings. The number of nitrogens with one attached hydrogen (secondary N) is 1. The third kappa shape index (κ3) is 10.2. The number of halogens is 1. The van der Waals surface area contributed by atoms with E-state index in [0.717, 1.165) is 58.7 Å². The predicted molar refractivity (Wildman–Crippen MR) is 109 cm³/mol. The van der Waals surface area contributed by atoms with Crippen molar-refractivity contribution in [3.63, 3.8) is 0 Å². The lowest BCUT2D eigenvalue weighted by Gasteiger charge is -2.26. The lowest BCUT2D eigenvalue weighted by molar-refractivity contribution is -0.148. The molecule has 1 aliphatic carbocycles. The van der Waals surface area contributed by atoms with Crippen LogP contribution in [0, 0.1) is 0 Å². The molecule has 1 aliphatic heterocycles. The Morgan fingerprint density at radius 2 is 1.96 bits per heavy atom. The normalized spacial score (nSPS) is 19.4. The second-order valence-electron chi connectivity index (χ2n) is 6.50. The maximum absolute atomic E-state index is 11.7. The molecule has 0 atom stereocenters. The summed E-state index contributed by atoms with van der Waals surface area (Å²) in [4.78, 5) is 18.3.